The highest BCUT2D eigenvalue weighted by Gasteiger charge is 2.14. The van der Waals surface area contributed by atoms with Crippen LogP contribution in [0.5, 0.6) is 0 Å². The Labute approximate surface area is 114 Å². The maximum absolute atomic E-state index is 13.5. The van der Waals surface area contributed by atoms with Gasteiger partial charge in [0.1, 0.15) is 11.5 Å². The van der Waals surface area contributed by atoms with Gasteiger partial charge in [0, 0.05) is 18.2 Å². The molecule has 0 heterocycles. The van der Waals surface area contributed by atoms with E-state index in [-0.39, 0.29) is 5.69 Å². The Morgan fingerprint density at radius 2 is 1.75 bits per heavy atom. The van der Waals surface area contributed by atoms with Gasteiger partial charge >= 0.3 is 0 Å². The third-order valence-corrected chi connectivity index (χ3v) is 2.88. The van der Waals surface area contributed by atoms with Crippen LogP contribution >= 0.6 is 0 Å². The van der Waals surface area contributed by atoms with E-state index < -0.39 is 23.5 Å². The molecule has 2 rings (SSSR count). The van der Waals surface area contributed by atoms with Gasteiger partial charge in [-0.25, -0.2) is 13.2 Å². The highest BCUT2D eigenvalue weighted by molar-refractivity contribution is 5.49. The van der Waals surface area contributed by atoms with Gasteiger partial charge in [0.15, 0.2) is 11.6 Å². The van der Waals surface area contributed by atoms with E-state index in [9.17, 15) is 13.2 Å². The summed E-state index contributed by atoms with van der Waals surface area (Å²) < 4.78 is 39.9. The molecular weight excluding hydrogens is 265 g/mol. The van der Waals surface area contributed by atoms with E-state index in [0.717, 1.165) is 0 Å². The van der Waals surface area contributed by atoms with E-state index in [2.05, 4.69) is 5.32 Å². The molecule has 1 atom stereocenters. The number of nitriles is 1. The van der Waals surface area contributed by atoms with Crippen molar-refractivity contribution < 1.29 is 13.2 Å². The van der Waals surface area contributed by atoms with E-state index in [4.69, 9.17) is 5.26 Å². The first-order valence-electron chi connectivity index (χ1n) is 5.92. The molecule has 102 valence electrons. The Bertz CT molecular complexity index is 654. The number of hydrogen-bond acceptors (Lipinski definition) is 2. The maximum atomic E-state index is 13.5. The zero-order valence-corrected chi connectivity index (χ0v) is 10.6. The van der Waals surface area contributed by atoms with E-state index >= 15 is 0 Å². The van der Waals surface area contributed by atoms with E-state index in [1.165, 1.54) is 0 Å². The van der Waals surface area contributed by atoms with Crippen molar-refractivity contribution in [2.45, 2.75) is 13.0 Å². The minimum absolute atomic E-state index is 0.388. The fraction of sp³-hybridized carbons (Fsp3) is 0.133. The van der Waals surface area contributed by atoms with Gasteiger partial charge in [0.2, 0.25) is 0 Å². The maximum Gasteiger partial charge on any atom is 0.152 e. The van der Waals surface area contributed by atoms with Crippen LogP contribution in [0.2, 0.25) is 0 Å². The molecule has 20 heavy (non-hydrogen) atoms. The van der Waals surface area contributed by atoms with Gasteiger partial charge in [-0.1, -0.05) is 12.1 Å². The lowest BCUT2D eigenvalue weighted by Gasteiger charge is -2.17. The van der Waals surface area contributed by atoms with Gasteiger partial charge in [0.25, 0.3) is 0 Å². The molecule has 0 aliphatic carbocycles. The van der Waals surface area contributed by atoms with Crippen LogP contribution in [0.1, 0.15) is 24.1 Å². The van der Waals surface area contributed by atoms with E-state index in [1.54, 1.807) is 31.2 Å². The second-order valence-corrected chi connectivity index (χ2v) is 4.35. The molecular formula is C15H11F3N2. The smallest absolute Gasteiger partial charge is 0.152 e. The monoisotopic (exact) mass is 276 g/mol. The number of anilines is 1. The van der Waals surface area contributed by atoms with Crippen LogP contribution in [0.15, 0.2) is 36.4 Å². The lowest BCUT2D eigenvalue weighted by molar-refractivity contribution is 0.545. The molecule has 0 spiro atoms. The quantitative estimate of drug-likeness (QED) is 0.914. The number of hydrogen-bond donors (Lipinski definition) is 1. The van der Waals surface area contributed by atoms with Crippen LogP contribution in [0, 0.1) is 28.8 Å². The van der Waals surface area contributed by atoms with Crippen LogP contribution in [0.3, 0.4) is 0 Å². The second kappa shape index (κ2) is 5.66. The summed E-state index contributed by atoms with van der Waals surface area (Å²) in [5.41, 5.74) is 0.768. The Kier molecular flexibility index (Phi) is 3.94. The second-order valence-electron chi connectivity index (χ2n) is 4.35. The third-order valence-electron chi connectivity index (χ3n) is 2.88. The van der Waals surface area contributed by atoms with Crippen LogP contribution < -0.4 is 5.32 Å². The summed E-state index contributed by atoms with van der Waals surface area (Å²) in [5, 5.41) is 11.5. The summed E-state index contributed by atoms with van der Waals surface area (Å²) in [4.78, 5) is 0. The van der Waals surface area contributed by atoms with Crippen molar-refractivity contribution in [2.75, 3.05) is 5.32 Å². The predicted octanol–water partition coefficient (Wildman–Crippen LogP) is 4.15. The topological polar surface area (TPSA) is 35.8 Å². The van der Waals surface area contributed by atoms with Crippen molar-refractivity contribution in [3.63, 3.8) is 0 Å². The SMILES string of the molecule is CC(Nc1c(F)cc(F)cc1F)c1cccc(C#N)c1. The fourth-order valence-corrected chi connectivity index (χ4v) is 1.86. The molecule has 2 aromatic rings. The van der Waals surface area contributed by atoms with Crippen molar-refractivity contribution in [1.29, 1.82) is 5.26 Å². The lowest BCUT2D eigenvalue weighted by Crippen LogP contribution is -2.10. The standard InChI is InChI=1S/C15H11F3N2/c1-9(11-4-2-3-10(5-11)8-19)20-15-13(17)6-12(16)7-14(15)18/h2-7,9,20H,1H3. The van der Waals surface area contributed by atoms with Gasteiger partial charge in [-0.2, -0.15) is 5.26 Å². The number of nitrogens with one attached hydrogen (secondary N) is 1. The highest BCUT2D eigenvalue weighted by atomic mass is 19.1. The molecule has 1 unspecified atom stereocenters. The van der Waals surface area contributed by atoms with E-state index in [1.807, 2.05) is 6.07 Å². The van der Waals surface area contributed by atoms with E-state index in [0.29, 0.717) is 23.3 Å². The summed E-state index contributed by atoms with van der Waals surface area (Å²) in [5.74, 6) is -2.96. The zero-order valence-electron chi connectivity index (χ0n) is 10.6. The summed E-state index contributed by atoms with van der Waals surface area (Å²) in [6.07, 6.45) is 0. The molecule has 2 aromatic carbocycles. The molecule has 0 saturated carbocycles. The Balaban J connectivity index is 2.28. The largest absolute Gasteiger partial charge is 0.374 e. The normalized spacial score (nSPS) is 11.8. The molecule has 0 aliphatic rings. The van der Waals surface area contributed by atoms with Crippen molar-refractivity contribution in [2.24, 2.45) is 0 Å². The first kappa shape index (κ1) is 13.9. The molecule has 0 saturated heterocycles. The van der Waals surface area contributed by atoms with Crippen molar-refractivity contribution in [1.82, 2.24) is 0 Å². The average molecular weight is 276 g/mol. The lowest BCUT2D eigenvalue weighted by atomic mass is 10.1. The molecule has 0 radical (unpaired) electrons. The first-order chi connectivity index (χ1) is 9.51. The zero-order chi connectivity index (χ0) is 14.7. The molecule has 5 heteroatoms. The van der Waals surface area contributed by atoms with Crippen LogP contribution in [0.4, 0.5) is 18.9 Å². The molecule has 0 amide bonds. The number of halogens is 3. The summed E-state index contributed by atoms with van der Waals surface area (Å²) in [6.45, 7) is 1.69. The van der Waals surface area contributed by atoms with Crippen LogP contribution in [-0.4, -0.2) is 0 Å². The molecule has 0 aromatic heterocycles. The Morgan fingerprint density at radius 1 is 1.10 bits per heavy atom. The summed E-state index contributed by atoms with van der Waals surface area (Å²) >= 11 is 0. The van der Waals surface area contributed by atoms with Gasteiger partial charge in [-0.05, 0) is 24.6 Å². The number of rotatable bonds is 3. The van der Waals surface area contributed by atoms with Crippen LogP contribution in [0.25, 0.3) is 0 Å². The van der Waals surface area contributed by atoms with Gasteiger partial charge in [-0.3, -0.25) is 0 Å². The molecule has 0 aliphatic heterocycles. The van der Waals surface area contributed by atoms with Crippen molar-refractivity contribution >= 4 is 5.69 Å². The van der Waals surface area contributed by atoms with Crippen molar-refractivity contribution in [3.05, 3.63) is 65.0 Å². The van der Waals surface area contributed by atoms with Gasteiger partial charge in [-0.15, -0.1) is 0 Å². The van der Waals surface area contributed by atoms with Gasteiger partial charge < -0.3 is 5.32 Å². The Morgan fingerprint density at radius 3 is 2.35 bits per heavy atom. The first-order valence-corrected chi connectivity index (χ1v) is 5.92. The molecule has 2 nitrogen and oxygen atoms in total. The number of benzene rings is 2. The molecule has 0 fully saturated rings. The third kappa shape index (κ3) is 2.91. The minimum atomic E-state index is -0.995. The average Bonchev–Trinajstić information content (AvgIpc) is 2.42. The van der Waals surface area contributed by atoms with Gasteiger partial charge in [0.05, 0.1) is 11.6 Å². The summed E-state index contributed by atoms with van der Waals surface area (Å²) in [6, 6.07) is 9.46. The highest BCUT2D eigenvalue weighted by Crippen LogP contribution is 2.25. The molecule has 1 N–H and O–H groups in total. The fourth-order valence-electron chi connectivity index (χ4n) is 1.86. The summed E-state index contributed by atoms with van der Waals surface area (Å²) in [7, 11) is 0. The molecule has 0 bridgehead atoms. The Hall–Kier alpha value is -2.48. The predicted molar refractivity (Wildman–Crippen MR) is 69.5 cm³/mol. The number of nitrogens with zero attached hydrogens (tertiary/aromatic N) is 1. The van der Waals surface area contributed by atoms with Crippen molar-refractivity contribution in [3.8, 4) is 6.07 Å². The minimum Gasteiger partial charge on any atom is -0.374 e. The van der Waals surface area contributed by atoms with Crippen LogP contribution in [-0.2, 0) is 0 Å².